The summed E-state index contributed by atoms with van der Waals surface area (Å²) in [6.45, 7) is 10.6. The number of hydrogen-bond acceptors (Lipinski definition) is 4. The van der Waals surface area contributed by atoms with Gasteiger partial charge in [0.2, 0.25) is 0 Å². The zero-order chi connectivity index (χ0) is 23.4. The normalized spacial score (nSPS) is 15.4. The molecule has 1 aromatic carbocycles. The van der Waals surface area contributed by atoms with Crippen LogP contribution in [0.3, 0.4) is 0 Å². The van der Waals surface area contributed by atoms with Crippen molar-refractivity contribution >= 4 is 5.97 Å². The van der Waals surface area contributed by atoms with Gasteiger partial charge in [-0.3, -0.25) is 9.48 Å². The predicted molar refractivity (Wildman–Crippen MR) is 123 cm³/mol. The zero-order valence-corrected chi connectivity index (χ0v) is 19.3. The second-order valence-electron chi connectivity index (χ2n) is 9.70. The molecule has 168 valence electrons. The topological polar surface area (TPSA) is 86.3 Å². The van der Waals surface area contributed by atoms with Gasteiger partial charge in [-0.15, -0.1) is 0 Å². The molecule has 32 heavy (non-hydrogen) atoms. The van der Waals surface area contributed by atoms with Crippen LogP contribution in [0.4, 0.5) is 0 Å². The summed E-state index contributed by atoms with van der Waals surface area (Å²) < 4.78 is 9.66. The van der Waals surface area contributed by atoms with E-state index in [2.05, 4.69) is 45.8 Å². The summed E-state index contributed by atoms with van der Waals surface area (Å²) in [4.78, 5) is 24.2. The van der Waals surface area contributed by atoms with Crippen molar-refractivity contribution < 1.29 is 14.6 Å². The van der Waals surface area contributed by atoms with Crippen LogP contribution in [0.5, 0.6) is 5.75 Å². The van der Waals surface area contributed by atoms with Crippen molar-refractivity contribution in [2.45, 2.75) is 53.1 Å². The number of hydrogen-bond donors (Lipinski definition) is 1. The highest BCUT2D eigenvalue weighted by atomic mass is 16.5. The summed E-state index contributed by atoms with van der Waals surface area (Å²) in [5, 5.41) is 14.0. The molecule has 1 N–H and O–H groups in total. The smallest absolute Gasteiger partial charge is 0.341 e. The Bertz CT molecular complexity index is 1260. The SMILES string of the molecule is COc1cc2c(cc1-c1ccnn1C(C)C)CC(C(C)(C)C)n1cc(C(=O)O)c(=O)cc1-2. The molecule has 4 rings (SSSR count). The Labute approximate surface area is 187 Å². The fourth-order valence-corrected chi connectivity index (χ4v) is 4.55. The average molecular weight is 436 g/mol. The van der Waals surface area contributed by atoms with E-state index in [-0.39, 0.29) is 23.1 Å². The van der Waals surface area contributed by atoms with E-state index in [4.69, 9.17) is 4.74 Å². The Morgan fingerprint density at radius 2 is 1.91 bits per heavy atom. The number of ether oxygens (including phenoxy) is 1. The number of carbonyl (C=O) groups is 1. The summed E-state index contributed by atoms with van der Waals surface area (Å²) in [6, 6.07) is 7.68. The Kier molecular flexibility index (Phi) is 5.23. The first-order valence-electron chi connectivity index (χ1n) is 10.8. The molecular weight excluding hydrogens is 406 g/mol. The lowest BCUT2D eigenvalue weighted by molar-refractivity contribution is 0.0693. The number of rotatable bonds is 4. The van der Waals surface area contributed by atoms with Crippen molar-refractivity contribution in [1.29, 1.82) is 0 Å². The van der Waals surface area contributed by atoms with Gasteiger partial charge < -0.3 is 14.4 Å². The third-order valence-corrected chi connectivity index (χ3v) is 6.20. The minimum Gasteiger partial charge on any atom is -0.496 e. The lowest BCUT2D eigenvalue weighted by atomic mass is 9.78. The fraction of sp³-hybridized carbons (Fsp3) is 0.400. The molecule has 0 amide bonds. The zero-order valence-electron chi connectivity index (χ0n) is 19.3. The summed E-state index contributed by atoms with van der Waals surface area (Å²) in [5.41, 5.74) is 3.75. The van der Waals surface area contributed by atoms with Crippen LogP contribution in [0, 0.1) is 5.41 Å². The van der Waals surface area contributed by atoms with Gasteiger partial charge >= 0.3 is 5.97 Å². The molecule has 3 heterocycles. The van der Waals surface area contributed by atoms with Crippen molar-refractivity contribution in [1.82, 2.24) is 14.3 Å². The summed E-state index contributed by atoms with van der Waals surface area (Å²) >= 11 is 0. The Morgan fingerprint density at radius 3 is 2.50 bits per heavy atom. The lowest BCUT2D eigenvalue weighted by Crippen LogP contribution is -2.32. The molecule has 3 aromatic rings. The molecule has 7 nitrogen and oxygen atoms in total. The molecule has 0 saturated heterocycles. The van der Waals surface area contributed by atoms with E-state index in [1.54, 1.807) is 13.3 Å². The second-order valence-corrected chi connectivity index (χ2v) is 9.70. The summed E-state index contributed by atoms with van der Waals surface area (Å²) in [6.07, 6.45) is 3.99. The largest absolute Gasteiger partial charge is 0.496 e. The van der Waals surface area contributed by atoms with Gasteiger partial charge in [-0.1, -0.05) is 20.8 Å². The molecule has 0 bridgehead atoms. The maximum atomic E-state index is 12.6. The number of methoxy groups -OCH3 is 1. The van der Waals surface area contributed by atoms with Gasteiger partial charge in [0.25, 0.3) is 0 Å². The Balaban J connectivity index is 2.00. The monoisotopic (exact) mass is 435 g/mol. The minimum atomic E-state index is -1.21. The van der Waals surface area contributed by atoms with Crippen LogP contribution in [-0.2, 0) is 6.42 Å². The van der Waals surface area contributed by atoms with Crippen LogP contribution in [0.25, 0.3) is 22.5 Å². The highest BCUT2D eigenvalue weighted by molar-refractivity contribution is 5.88. The number of aromatic carboxylic acids is 1. The molecule has 7 heteroatoms. The van der Waals surface area contributed by atoms with Crippen LogP contribution in [0.2, 0.25) is 0 Å². The van der Waals surface area contributed by atoms with Crippen molar-refractivity contribution in [3.63, 3.8) is 0 Å². The number of aromatic nitrogens is 3. The molecule has 0 fully saturated rings. The van der Waals surface area contributed by atoms with E-state index in [0.717, 1.165) is 22.4 Å². The number of benzene rings is 1. The molecule has 0 aliphatic carbocycles. The average Bonchev–Trinajstić information content (AvgIpc) is 3.21. The molecule has 1 unspecified atom stereocenters. The molecule has 0 saturated carbocycles. The lowest BCUT2D eigenvalue weighted by Gasteiger charge is -2.39. The first-order valence-corrected chi connectivity index (χ1v) is 10.8. The minimum absolute atomic E-state index is 0.0139. The van der Waals surface area contributed by atoms with E-state index in [1.165, 1.54) is 12.3 Å². The van der Waals surface area contributed by atoms with Crippen LogP contribution in [-0.4, -0.2) is 32.5 Å². The van der Waals surface area contributed by atoms with Gasteiger partial charge in [0.1, 0.15) is 11.3 Å². The molecule has 0 radical (unpaired) electrons. The molecule has 1 aliphatic rings. The first-order chi connectivity index (χ1) is 15.0. The van der Waals surface area contributed by atoms with E-state index in [1.807, 2.05) is 21.4 Å². The van der Waals surface area contributed by atoms with Crippen LogP contribution >= 0.6 is 0 Å². The maximum absolute atomic E-state index is 12.6. The number of fused-ring (bicyclic) bond motifs is 3. The number of carboxylic acid groups (broad SMARTS) is 1. The Hall–Kier alpha value is -3.35. The molecule has 0 spiro atoms. The van der Waals surface area contributed by atoms with E-state index < -0.39 is 11.4 Å². The number of pyridine rings is 1. The standard InChI is InChI=1S/C25H29N3O4/c1-14(2)28-19(7-8-26-28)17-9-15-10-23(25(3,4)5)27-13-18(24(30)31)21(29)12-20(27)16(15)11-22(17)32-6/h7-9,11-14,23H,10H2,1-6H3,(H,30,31). The number of carboxylic acids is 1. The second kappa shape index (κ2) is 7.65. The van der Waals surface area contributed by atoms with Crippen LogP contribution in [0.1, 0.15) is 62.6 Å². The van der Waals surface area contributed by atoms with Gasteiger partial charge in [0.15, 0.2) is 5.43 Å². The van der Waals surface area contributed by atoms with Gasteiger partial charge in [0, 0.05) is 41.7 Å². The summed E-state index contributed by atoms with van der Waals surface area (Å²) in [5.74, 6) is -0.527. The predicted octanol–water partition coefficient (Wildman–Crippen LogP) is 4.81. The van der Waals surface area contributed by atoms with Crippen molar-refractivity contribution in [2.75, 3.05) is 7.11 Å². The number of nitrogens with zero attached hydrogens (tertiary/aromatic N) is 3. The van der Waals surface area contributed by atoms with Crippen molar-refractivity contribution in [3.8, 4) is 28.3 Å². The van der Waals surface area contributed by atoms with E-state index >= 15 is 0 Å². The molecular formula is C25H29N3O4. The van der Waals surface area contributed by atoms with Gasteiger partial charge in [-0.05, 0) is 49.4 Å². The third kappa shape index (κ3) is 3.51. The van der Waals surface area contributed by atoms with Gasteiger partial charge in [0.05, 0.1) is 18.5 Å². The molecule has 1 aliphatic heterocycles. The fourth-order valence-electron chi connectivity index (χ4n) is 4.55. The highest BCUT2D eigenvalue weighted by Crippen LogP contribution is 2.46. The van der Waals surface area contributed by atoms with Gasteiger partial charge in [-0.25, -0.2) is 4.79 Å². The van der Waals surface area contributed by atoms with E-state index in [9.17, 15) is 14.7 Å². The van der Waals surface area contributed by atoms with Crippen molar-refractivity contribution in [2.24, 2.45) is 5.41 Å². The van der Waals surface area contributed by atoms with Crippen LogP contribution < -0.4 is 10.2 Å². The molecule has 2 aromatic heterocycles. The first kappa shape index (κ1) is 21.9. The highest BCUT2D eigenvalue weighted by Gasteiger charge is 2.34. The quantitative estimate of drug-likeness (QED) is 0.636. The van der Waals surface area contributed by atoms with E-state index in [0.29, 0.717) is 17.9 Å². The van der Waals surface area contributed by atoms with Crippen LogP contribution in [0.15, 0.2) is 41.5 Å². The third-order valence-electron chi connectivity index (χ3n) is 6.20. The Morgan fingerprint density at radius 1 is 1.19 bits per heavy atom. The summed E-state index contributed by atoms with van der Waals surface area (Å²) in [7, 11) is 1.63. The van der Waals surface area contributed by atoms with Crippen molar-refractivity contribution in [3.05, 3.63) is 58.0 Å². The maximum Gasteiger partial charge on any atom is 0.341 e. The van der Waals surface area contributed by atoms with Gasteiger partial charge in [-0.2, -0.15) is 5.10 Å². The molecule has 1 atom stereocenters.